The second-order valence-electron chi connectivity index (χ2n) is 3.90. The van der Waals surface area contributed by atoms with Crippen LogP contribution in [0.3, 0.4) is 0 Å². The molecule has 0 aliphatic carbocycles. The van der Waals surface area contributed by atoms with E-state index >= 15 is 0 Å². The van der Waals surface area contributed by atoms with Gasteiger partial charge in [-0.2, -0.15) is 0 Å². The molecule has 8 heteroatoms. The van der Waals surface area contributed by atoms with Crippen molar-refractivity contribution in [1.29, 1.82) is 0 Å². The maximum absolute atomic E-state index is 11.0. The van der Waals surface area contributed by atoms with Gasteiger partial charge in [-0.15, -0.1) is 11.3 Å². The van der Waals surface area contributed by atoms with E-state index in [9.17, 15) is 14.9 Å². The van der Waals surface area contributed by atoms with Crippen LogP contribution in [0.5, 0.6) is 0 Å². The zero-order chi connectivity index (χ0) is 14.0. The van der Waals surface area contributed by atoms with Gasteiger partial charge in [0.1, 0.15) is 5.69 Å². The number of aromatic nitrogens is 1. The third kappa shape index (κ3) is 2.97. The summed E-state index contributed by atoms with van der Waals surface area (Å²) < 4.78 is 0.744. The largest absolute Gasteiger partial charge is 0.481 e. The van der Waals surface area contributed by atoms with Gasteiger partial charge in [-0.05, 0) is 13.0 Å². The molecule has 1 heterocycles. The minimum atomic E-state index is -0.958. The van der Waals surface area contributed by atoms with Crippen LogP contribution in [0.15, 0.2) is 12.1 Å². The number of nitro groups is 1. The third-order valence-electron chi connectivity index (χ3n) is 2.46. The Morgan fingerprint density at radius 3 is 2.95 bits per heavy atom. The van der Waals surface area contributed by atoms with Gasteiger partial charge >= 0.3 is 5.97 Å². The number of nitrogens with one attached hydrogen (secondary N) is 1. The van der Waals surface area contributed by atoms with Gasteiger partial charge in [0.2, 0.25) is 0 Å². The highest BCUT2D eigenvalue weighted by Gasteiger charge is 2.17. The van der Waals surface area contributed by atoms with E-state index in [0.29, 0.717) is 11.2 Å². The summed E-state index contributed by atoms with van der Waals surface area (Å²) in [5.41, 5.74) is 0.900. The molecule has 2 aromatic rings. The van der Waals surface area contributed by atoms with Crippen molar-refractivity contribution < 1.29 is 14.8 Å². The van der Waals surface area contributed by atoms with Gasteiger partial charge in [0.15, 0.2) is 0 Å². The number of carboxylic acids is 1. The van der Waals surface area contributed by atoms with E-state index in [1.165, 1.54) is 17.4 Å². The lowest BCUT2D eigenvalue weighted by Crippen LogP contribution is -2.08. The number of carbonyl (C=O) groups is 1. The maximum atomic E-state index is 11.0. The van der Waals surface area contributed by atoms with E-state index in [1.807, 2.05) is 6.92 Å². The van der Waals surface area contributed by atoms with Crippen LogP contribution in [-0.2, 0) is 4.79 Å². The van der Waals surface area contributed by atoms with Gasteiger partial charge in [-0.3, -0.25) is 14.9 Å². The number of aryl methyl sites for hydroxylation is 1. The lowest BCUT2D eigenvalue weighted by atomic mass is 10.2. The topological polar surface area (TPSA) is 105 Å². The van der Waals surface area contributed by atoms with Crippen LogP contribution in [0.2, 0.25) is 0 Å². The number of nitro benzene ring substituents is 1. The van der Waals surface area contributed by atoms with Crippen molar-refractivity contribution in [2.24, 2.45) is 0 Å². The first-order valence-corrected chi connectivity index (χ1v) is 6.30. The van der Waals surface area contributed by atoms with Crippen molar-refractivity contribution in [3.63, 3.8) is 0 Å². The Bertz CT molecular complexity index is 653. The fourth-order valence-electron chi connectivity index (χ4n) is 1.68. The summed E-state index contributed by atoms with van der Waals surface area (Å²) in [5.74, 6) is -0.958. The summed E-state index contributed by atoms with van der Waals surface area (Å²) in [6.07, 6.45) is -0.106. The van der Waals surface area contributed by atoms with Crippen molar-refractivity contribution in [2.45, 2.75) is 13.3 Å². The summed E-state index contributed by atoms with van der Waals surface area (Å²) in [6.45, 7) is 1.96. The Morgan fingerprint density at radius 2 is 2.32 bits per heavy atom. The second kappa shape index (κ2) is 5.19. The number of carboxylic acid groups (broad SMARTS) is 1. The quantitative estimate of drug-likeness (QED) is 0.644. The number of hydrogen-bond donors (Lipinski definition) is 2. The molecule has 0 amide bonds. The Kier molecular flexibility index (Phi) is 3.61. The molecule has 1 aromatic heterocycles. The molecule has 2 rings (SSSR count). The fourth-order valence-corrected chi connectivity index (χ4v) is 2.52. The normalized spacial score (nSPS) is 10.6. The molecule has 0 unspecified atom stereocenters. The standard InChI is InChI=1S/C11H11N3O4S/c1-6-13-8-4-7(12-3-2-11(15)16)9(14(17)18)5-10(8)19-6/h4-5,12H,2-3H2,1H3,(H,15,16). The molecule has 100 valence electrons. The zero-order valence-electron chi connectivity index (χ0n) is 10.0. The number of thiazole rings is 1. The third-order valence-corrected chi connectivity index (χ3v) is 3.40. The van der Waals surface area contributed by atoms with Crippen molar-refractivity contribution in [3.05, 3.63) is 27.3 Å². The van der Waals surface area contributed by atoms with E-state index in [-0.39, 0.29) is 18.7 Å². The van der Waals surface area contributed by atoms with Crippen LogP contribution in [0.4, 0.5) is 11.4 Å². The molecule has 2 N–H and O–H groups in total. The van der Waals surface area contributed by atoms with E-state index in [0.717, 1.165) is 9.71 Å². The summed E-state index contributed by atoms with van der Waals surface area (Å²) in [5, 5.41) is 23.2. The molecular weight excluding hydrogens is 270 g/mol. The first-order chi connectivity index (χ1) is 8.97. The molecule has 0 aliphatic heterocycles. The average Bonchev–Trinajstić information content (AvgIpc) is 2.66. The summed E-state index contributed by atoms with van der Waals surface area (Å²) >= 11 is 1.38. The minimum absolute atomic E-state index is 0.0680. The smallest absolute Gasteiger partial charge is 0.305 e. The fraction of sp³-hybridized carbons (Fsp3) is 0.273. The summed E-state index contributed by atoms with van der Waals surface area (Å²) in [4.78, 5) is 25.2. The lowest BCUT2D eigenvalue weighted by molar-refractivity contribution is -0.383. The Morgan fingerprint density at radius 1 is 1.58 bits per heavy atom. The molecule has 0 bridgehead atoms. The molecule has 0 fully saturated rings. The Hall–Kier alpha value is -2.22. The molecule has 0 radical (unpaired) electrons. The number of benzene rings is 1. The van der Waals surface area contributed by atoms with Crippen LogP contribution < -0.4 is 5.32 Å². The number of hydrogen-bond acceptors (Lipinski definition) is 6. The summed E-state index contributed by atoms with van der Waals surface area (Å²) in [7, 11) is 0. The van der Waals surface area contributed by atoms with Gasteiger partial charge in [0.25, 0.3) is 5.69 Å². The first kappa shape index (κ1) is 13.2. The second-order valence-corrected chi connectivity index (χ2v) is 5.13. The number of nitrogens with zero attached hydrogens (tertiary/aromatic N) is 2. The highest BCUT2D eigenvalue weighted by Crippen LogP contribution is 2.32. The molecule has 19 heavy (non-hydrogen) atoms. The van der Waals surface area contributed by atoms with Crippen molar-refractivity contribution >= 4 is 38.9 Å². The van der Waals surface area contributed by atoms with E-state index in [2.05, 4.69) is 10.3 Å². The van der Waals surface area contributed by atoms with E-state index in [4.69, 9.17) is 5.11 Å². The van der Waals surface area contributed by atoms with Crippen molar-refractivity contribution in [3.8, 4) is 0 Å². The lowest BCUT2D eigenvalue weighted by Gasteiger charge is -2.05. The monoisotopic (exact) mass is 281 g/mol. The summed E-state index contributed by atoms with van der Waals surface area (Å²) in [6, 6.07) is 3.04. The van der Waals surface area contributed by atoms with Crippen molar-refractivity contribution in [2.75, 3.05) is 11.9 Å². The highest BCUT2D eigenvalue weighted by atomic mass is 32.1. The zero-order valence-corrected chi connectivity index (χ0v) is 10.9. The van der Waals surface area contributed by atoms with Crippen LogP contribution in [0, 0.1) is 17.0 Å². The van der Waals surface area contributed by atoms with Crippen LogP contribution in [0.1, 0.15) is 11.4 Å². The predicted octanol–water partition coefficient (Wildman–Crippen LogP) is 2.40. The van der Waals surface area contributed by atoms with Crippen LogP contribution in [-0.4, -0.2) is 27.5 Å². The molecular formula is C11H11N3O4S. The predicted molar refractivity (Wildman–Crippen MR) is 71.8 cm³/mol. The minimum Gasteiger partial charge on any atom is -0.481 e. The molecule has 0 spiro atoms. The van der Waals surface area contributed by atoms with Gasteiger partial charge in [0.05, 0.1) is 26.6 Å². The molecule has 7 nitrogen and oxygen atoms in total. The molecule has 0 aliphatic rings. The molecule has 0 atom stereocenters. The van der Waals surface area contributed by atoms with Crippen molar-refractivity contribution in [1.82, 2.24) is 4.98 Å². The number of aliphatic carboxylic acids is 1. The molecule has 1 aromatic carbocycles. The number of fused-ring (bicyclic) bond motifs is 1. The maximum Gasteiger partial charge on any atom is 0.305 e. The van der Waals surface area contributed by atoms with E-state index < -0.39 is 10.9 Å². The van der Waals surface area contributed by atoms with Gasteiger partial charge in [-0.1, -0.05) is 0 Å². The van der Waals surface area contributed by atoms with Gasteiger partial charge < -0.3 is 10.4 Å². The molecule has 0 saturated carbocycles. The number of anilines is 1. The number of rotatable bonds is 5. The highest BCUT2D eigenvalue weighted by molar-refractivity contribution is 7.18. The van der Waals surface area contributed by atoms with E-state index in [1.54, 1.807) is 6.07 Å². The Balaban J connectivity index is 2.35. The van der Waals surface area contributed by atoms with Crippen LogP contribution in [0.25, 0.3) is 10.2 Å². The molecule has 0 saturated heterocycles. The van der Waals surface area contributed by atoms with Crippen LogP contribution >= 0.6 is 11.3 Å². The average molecular weight is 281 g/mol. The Labute approximate surface area is 112 Å². The first-order valence-electron chi connectivity index (χ1n) is 5.48. The SMILES string of the molecule is Cc1nc2cc(NCCC(=O)O)c([N+](=O)[O-])cc2s1. The van der Waals surface area contributed by atoms with Gasteiger partial charge in [-0.25, -0.2) is 4.98 Å². The van der Waals surface area contributed by atoms with Gasteiger partial charge in [0, 0.05) is 12.6 Å².